The lowest BCUT2D eigenvalue weighted by Crippen LogP contribution is -2.45. The van der Waals surface area contributed by atoms with E-state index in [0.717, 1.165) is 0 Å². The van der Waals surface area contributed by atoms with Crippen LogP contribution in [0.25, 0.3) is 0 Å². The summed E-state index contributed by atoms with van der Waals surface area (Å²) in [5.74, 6) is 0. The van der Waals surface area contributed by atoms with Crippen LogP contribution in [0.4, 0.5) is 0 Å². The van der Waals surface area contributed by atoms with Gasteiger partial charge in [0.1, 0.15) is 0 Å². The Morgan fingerprint density at radius 2 is 1.90 bits per heavy atom. The molecule has 1 rings (SSSR count). The number of hydrogen-bond acceptors (Lipinski definition) is 3. The van der Waals surface area contributed by atoms with Crippen LogP contribution in [0.5, 0.6) is 0 Å². The van der Waals surface area contributed by atoms with Crippen LogP contribution in [0.3, 0.4) is 0 Å². The SMILES string of the molecule is C[C@@H]1COC[C@@H](C)N1N=O. The van der Waals surface area contributed by atoms with Gasteiger partial charge >= 0.3 is 0 Å². The van der Waals surface area contributed by atoms with Gasteiger partial charge in [-0.25, -0.2) is 0 Å². The molecule has 4 nitrogen and oxygen atoms in total. The van der Waals surface area contributed by atoms with E-state index < -0.39 is 0 Å². The number of nitrogens with zero attached hydrogens (tertiary/aromatic N) is 2. The van der Waals surface area contributed by atoms with Crippen LogP contribution in [0, 0.1) is 4.91 Å². The van der Waals surface area contributed by atoms with Crippen molar-refractivity contribution in [1.29, 1.82) is 0 Å². The minimum atomic E-state index is 0.126. The number of morpholine rings is 1. The molecule has 0 saturated carbocycles. The molecule has 0 aromatic carbocycles. The first-order valence-corrected chi connectivity index (χ1v) is 3.45. The number of nitroso groups, excluding NO2 is 1. The van der Waals surface area contributed by atoms with E-state index in [1.165, 1.54) is 0 Å². The monoisotopic (exact) mass is 144 g/mol. The molecule has 0 aromatic rings. The van der Waals surface area contributed by atoms with Crippen molar-refractivity contribution in [3.63, 3.8) is 0 Å². The fraction of sp³-hybridized carbons (Fsp3) is 1.00. The maximum absolute atomic E-state index is 10.2. The van der Waals surface area contributed by atoms with Crippen LogP contribution < -0.4 is 0 Å². The molecule has 0 N–H and O–H groups in total. The molecular weight excluding hydrogens is 132 g/mol. The van der Waals surface area contributed by atoms with Crippen LogP contribution in [0.2, 0.25) is 0 Å². The summed E-state index contributed by atoms with van der Waals surface area (Å²) in [6, 6.07) is 0.252. The van der Waals surface area contributed by atoms with E-state index in [0.29, 0.717) is 13.2 Å². The van der Waals surface area contributed by atoms with Gasteiger partial charge in [0.05, 0.1) is 30.6 Å². The predicted molar refractivity (Wildman–Crippen MR) is 37.4 cm³/mol. The van der Waals surface area contributed by atoms with Gasteiger partial charge < -0.3 is 4.74 Å². The van der Waals surface area contributed by atoms with Gasteiger partial charge in [-0.15, -0.1) is 4.91 Å². The summed E-state index contributed by atoms with van der Waals surface area (Å²) < 4.78 is 5.19. The molecule has 0 aliphatic carbocycles. The molecule has 1 aliphatic rings. The van der Waals surface area contributed by atoms with Crippen molar-refractivity contribution < 1.29 is 4.74 Å². The lowest BCUT2D eigenvalue weighted by atomic mass is 10.2. The van der Waals surface area contributed by atoms with Gasteiger partial charge in [0.25, 0.3) is 0 Å². The summed E-state index contributed by atoms with van der Waals surface area (Å²) in [5.41, 5.74) is 0. The zero-order chi connectivity index (χ0) is 7.56. The molecule has 0 unspecified atom stereocenters. The van der Waals surface area contributed by atoms with Crippen molar-refractivity contribution in [2.24, 2.45) is 5.29 Å². The molecule has 4 heteroatoms. The first-order chi connectivity index (χ1) is 4.75. The fourth-order valence-corrected chi connectivity index (χ4v) is 1.16. The van der Waals surface area contributed by atoms with E-state index in [1.807, 2.05) is 13.8 Å². The summed E-state index contributed by atoms with van der Waals surface area (Å²) >= 11 is 0. The van der Waals surface area contributed by atoms with Crippen LogP contribution >= 0.6 is 0 Å². The topological polar surface area (TPSA) is 41.9 Å². The fourth-order valence-electron chi connectivity index (χ4n) is 1.16. The second kappa shape index (κ2) is 2.96. The van der Waals surface area contributed by atoms with Gasteiger partial charge in [0.2, 0.25) is 0 Å². The van der Waals surface area contributed by atoms with Gasteiger partial charge in [0, 0.05) is 0 Å². The molecule has 0 amide bonds. The molecule has 1 aliphatic heterocycles. The lowest BCUT2D eigenvalue weighted by molar-refractivity contribution is -0.0365. The molecule has 0 bridgehead atoms. The maximum atomic E-state index is 10.2. The summed E-state index contributed by atoms with van der Waals surface area (Å²) in [7, 11) is 0. The zero-order valence-corrected chi connectivity index (χ0v) is 6.28. The third-order valence-electron chi connectivity index (χ3n) is 1.72. The smallest absolute Gasteiger partial charge is 0.0712 e. The predicted octanol–water partition coefficient (Wildman–Crippen LogP) is 0.777. The standard InChI is InChI=1S/C6H12N2O2/c1-5-3-10-4-6(2)8(5)7-9/h5-6H,3-4H2,1-2H3/t5-,6-/m1/s1. The van der Waals surface area contributed by atoms with Crippen LogP contribution in [-0.4, -0.2) is 30.3 Å². The first kappa shape index (κ1) is 7.47. The molecule has 1 saturated heterocycles. The highest BCUT2D eigenvalue weighted by Crippen LogP contribution is 2.12. The molecular formula is C6H12N2O2. The van der Waals surface area contributed by atoms with E-state index in [9.17, 15) is 4.91 Å². The quantitative estimate of drug-likeness (QED) is 0.510. The van der Waals surface area contributed by atoms with Crippen molar-refractivity contribution in [1.82, 2.24) is 5.01 Å². The average molecular weight is 144 g/mol. The molecule has 10 heavy (non-hydrogen) atoms. The highest BCUT2D eigenvalue weighted by molar-refractivity contribution is 4.73. The Morgan fingerprint density at radius 3 is 2.20 bits per heavy atom. The number of ether oxygens (including phenoxy) is 1. The van der Waals surface area contributed by atoms with Gasteiger partial charge in [-0.2, -0.15) is 0 Å². The average Bonchev–Trinajstić information content (AvgIpc) is 1.88. The Hall–Kier alpha value is -0.640. The third-order valence-corrected chi connectivity index (χ3v) is 1.72. The Morgan fingerprint density at radius 1 is 1.40 bits per heavy atom. The maximum Gasteiger partial charge on any atom is 0.0712 e. The normalized spacial score (nSPS) is 34.0. The Bertz CT molecular complexity index is 119. The largest absolute Gasteiger partial charge is 0.377 e. The van der Waals surface area contributed by atoms with E-state index >= 15 is 0 Å². The van der Waals surface area contributed by atoms with E-state index in [1.54, 1.807) is 5.01 Å². The lowest BCUT2D eigenvalue weighted by Gasteiger charge is -2.33. The molecule has 1 fully saturated rings. The molecule has 2 atom stereocenters. The summed E-state index contributed by atoms with van der Waals surface area (Å²) in [6.45, 7) is 5.07. The van der Waals surface area contributed by atoms with E-state index in [2.05, 4.69) is 5.29 Å². The Balaban J connectivity index is 2.53. The van der Waals surface area contributed by atoms with Crippen LogP contribution in [0.1, 0.15) is 13.8 Å². The zero-order valence-electron chi connectivity index (χ0n) is 6.28. The summed E-state index contributed by atoms with van der Waals surface area (Å²) in [6.07, 6.45) is 0. The molecule has 0 radical (unpaired) electrons. The van der Waals surface area contributed by atoms with Gasteiger partial charge in [0.15, 0.2) is 0 Å². The Kier molecular flexibility index (Phi) is 2.21. The number of hydrogen-bond donors (Lipinski definition) is 0. The molecule has 0 spiro atoms. The summed E-state index contributed by atoms with van der Waals surface area (Å²) in [4.78, 5) is 10.2. The van der Waals surface area contributed by atoms with Crippen LogP contribution in [0.15, 0.2) is 5.29 Å². The highest BCUT2D eigenvalue weighted by atomic mass is 16.5. The van der Waals surface area contributed by atoms with Gasteiger partial charge in [-0.3, -0.25) is 5.01 Å². The number of rotatable bonds is 1. The van der Waals surface area contributed by atoms with Crippen molar-refractivity contribution in [2.75, 3.05) is 13.2 Å². The molecule has 1 heterocycles. The van der Waals surface area contributed by atoms with Crippen molar-refractivity contribution in [3.8, 4) is 0 Å². The van der Waals surface area contributed by atoms with Gasteiger partial charge in [-0.05, 0) is 13.8 Å². The minimum absolute atomic E-state index is 0.126. The minimum Gasteiger partial charge on any atom is -0.377 e. The first-order valence-electron chi connectivity index (χ1n) is 3.45. The van der Waals surface area contributed by atoms with E-state index in [-0.39, 0.29) is 12.1 Å². The third kappa shape index (κ3) is 1.26. The second-order valence-electron chi connectivity index (χ2n) is 2.70. The second-order valence-corrected chi connectivity index (χ2v) is 2.70. The van der Waals surface area contributed by atoms with Crippen LogP contribution in [-0.2, 0) is 4.74 Å². The van der Waals surface area contributed by atoms with Crippen molar-refractivity contribution in [3.05, 3.63) is 4.91 Å². The summed E-state index contributed by atoms with van der Waals surface area (Å²) in [5, 5.41) is 4.46. The van der Waals surface area contributed by atoms with Gasteiger partial charge in [-0.1, -0.05) is 0 Å². The highest BCUT2D eigenvalue weighted by Gasteiger charge is 2.24. The molecule has 0 aromatic heterocycles. The molecule has 58 valence electrons. The van der Waals surface area contributed by atoms with Crippen molar-refractivity contribution in [2.45, 2.75) is 25.9 Å². The Labute approximate surface area is 60.1 Å². The van der Waals surface area contributed by atoms with E-state index in [4.69, 9.17) is 4.74 Å². The van der Waals surface area contributed by atoms with Crippen molar-refractivity contribution >= 4 is 0 Å².